The molecule has 0 rings (SSSR count). The van der Waals surface area contributed by atoms with E-state index in [1.807, 2.05) is 13.8 Å². The maximum Gasteiger partial charge on any atom is 0.306 e. The number of methoxy groups -OCH3 is 2. The molecule has 0 aromatic carbocycles. The molecular weight excluding hydrogens is 208 g/mol. The van der Waals surface area contributed by atoms with Gasteiger partial charge in [-0.2, -0.15) is 0 Å². The van der Waals surface area contributed by atoms with Gasteiger partial charge in [-0.3, -0.25) is 9.59 Å². The van der Waals surface area contributed by atoms with Crippen LogP contribution in [0.1, 0.15) is 34.1 Å². The monoisotopic (exact) mass is 230 g/mol. The first-order valence-corrected chi connectivity index (χ1v) is 5.42. The molecule has 0 saturated heterocycles. The van der Waals surface area contributed by atoms with Crippen LogP contribution in [-0.4, -0.2) is 31.6 Å². The summed E-state index contributed by atoms with van der Waals surface area (Å²) in [5, 5.41) is 0. The third kappa shape index (κ3) is 3.93. The van der Waals surface area contributed by atoms with Gasteiger partial charge in [-0.05, 0) is 13.8 Å². The summed E-state index contributed by atoms with van der Waals surface area (Å²) >= 11 is 0. The van der Waals surface area contributed by atoms with Crippen molar-refractivity contribution in [1.29, 1.82) is 0 Å². The second-order valence-electron chi connectivity index (χ2n) is 4.70. The highest BCUT2D eigenvalue weighted by molar-refractivity contribution is 5.87. The lowest BCUT2D eigenvalue weighted by atomic mass is 9.80. The molecule has 0 saturated carbocycles. The molecule has 94 valence electrons. The lowest BCUT2D eigenvalue weighted by molar-refractivity contribution is -0.151. The second-order valence-corrected chi connectivity index (χ2v) is 4.70. The molecule has 0 radical (unpaired) electrons. The molecule has 0 heterocycles. The van der Waals surface area contributed by atoms with E-state index in [1.54, 1.807) is 13.8 Å². The predicted molar refractivity (Wildman–Crippen MR) is 61.1 cm³/mol. The van der Waals surface area contributed by atoms with E-state index in [1.165, 1.54) is 14.2 Å². The van der Waals surface area contributed by atoms with Gasteiger partial charge in [0.25, 0.3) is 0 Å². The maximum atomic E-state index is 12.0. The Hall–Kier alpha value is -0.900. The van der Waals surface area contributed by atoms with Crippen LogP contribution in [0, 0.1) is 11.8 Å². The van der Waals surface area contributed by atoms with E-state index in [4.69, 9.17) is 4.74 Å². The number of hydrogen-bond donors (Lipinski definition) is 0. The highest BCUT2D eigenvalue weighted by atomic mass is 16.5. The molecule has 0 amide bonds. The molecule has 0 bridgehead atoms. The quantitative estimate of drug-likeness (QED) is 0.653. The van der Waals surface area contributed by atoms with E-state index in [9.17, 15) is 9.59 Å². The average molecular weight is 230 g/mol. The van der Waals surface area contributed by atoms with E-state index in [2.05, 4.69) is 4.74 Å². The summed E-state index contributed by atoms with van der Waals surface area (Å²) in [4.78, 5) is 23.3. The Kier molecular flexibility index (Phi) is 5.65. The zero-order valence-corrected chi connectivity index (χ0v) is 11.0. The maximum absolute atomic E-state index is 12.0. The normalized spacial score (nSPS) is 13.7. The summed E-state index contributed by atoms with van der Waals surface area (Å²) in [7, 11) is 2.86. The van der Waals surface area contributed by atoms with E-state index in [0.717, 1.165) is 0 Å². The van der Waals surface area contributed by atoms with E-state index >= 15 is 0 Å². The Balaban J connectivity index is 4.91. The summed E-state index contributed by atoms with van der Waals surface area (Å²) in [5.74, 6) is -0.949. The third-order valence-electron chi connectivity index (χ3n) is 2.88. The number of esters is 1. The van der Waals surface area contributed by atoms with Gasteiger partial charge in [0, 0.05) is 13.0 Å². The molecule has 0 aliphatic heterocycles. The van der Waals surface area contributed by atoms with Crippen LogP contribution >= 0.6 is 0 Å². The molecule has 1 unspecified atom stereocenters. The Morgan fingerprint density at radius 2 is 1.69 bits per heavy atom. The summed E-state index contributed by atoms with van der Waals surface area (Å²) in [5.41, 5.74) is -0.657. The summed E-state index contributed by atoms with van der Waals surface area (Å²) in [6.45, 7) is 7.25. The van der Waals surface area contributed by atoms with Gasteiger partial charge in [0.15, 0.2) is 0 Å². The second kappa shape index (κ2) is 5.99. The van der Waals surface area contributed by atoms with Crippen LogP contribution in [-0.2, 0) is 19.1 Å². The van der Waals surface area contributed by atoms with Crippen molar-refractivity contribution in [3.63, 3.8) is 0 Å². The van der Waals surface area contributed by atoms with Crippen LogP contribution in [0.5, 0.6) is 0 Å². The molecule has 16 heavy (non-hydrogen) atoms. The van der Waals surface area contributed by atoms with E-state index in [0.29, 0.717) is 0 Å². The Bertz CT molecular complexity index is 256. The predicted octanol–water partition coefficient (Wildman–Crippen LogP) is 1.82. The molecule has 4 heteroatoms. The van der Waals surface area contributed by atoms with Crippen LogP contribution in [0.2, 0.25) is 0 Å². The minimum absolute atomic E-state index is 0.0252. The first kappa shape index (κ1) is 15.1. The molecule has 0 aliphatic carbocycles. The summed E-state index contributed by atoms with van der Waals surface area (Å²) in [6, 6.07) is 0. The number of hydrogen-bond acceptors (Lipinski definition) is 4. The molecule has 1 atom stereocenters. The number of Topliss-reactive ketones (excluding diaryl/α,β-unsaturated/α-hetero) is 1. The van der Waals surface area contributed by atoms with Crippen molar-refractivity contribution in [2.75, 3.05) is 14.2 Å². The van der Waals surface area contributed by atoms with Crippen LogP contribution < -0.4 is 0 Å². The lowest BCUT2D eigenvalue weighted by Gasteiger charge is -2.32. The highest BCUT2D eigenvalue weighted by Gasteiger charge is 2.37. The number of carbonyl (C=O) groups excluding carboxylic acids is 2. The lowest BCUT2D eigenvalue weighted by Crippen LogP contribution is -2.42. The van der Waals surface area contributed by atoms with Crippen molar-refractivity contribution >= 4 is 11.8 Å². The summed E-state index contributed by atoms with van der Waals surface area (Å²) in [6.07, 6.45) is 0.0638. The van der Waals surface area contributed by atoms with Gasteiger partial charge < -0.3 is 9.47 Å². The van der Waals surface area contributed by atoms with Gasteiger partial charge in [-0.1, -0.05) is 13.8 Å². The van der Waals surface area contributed by atoms with Crippen LogP contribution in [0.25, 0.3) is 0 Å². The van der Waals surface area contributed by atoms with Crippen molar-refractivity contribution in [3.8, 4) is 0 Å². The molecule has 0 aliphatic rings. The summed E-state index contributed by atoms with van der Waals surface area (Å²) < 4.78 is 9.89. The largest absolute Gasteiger partial charge is 0.469 e. The zero-order chi connectivity index (χ0) is 12.9. The van der Waals surface area contributed by atoms with E-state index < -0.39 is 11.5 Å². The van der Waals surface area contributed by atoms with Gasteiger partial charge in [0.2, 0.25) is 0 Å². The first-order chi connectivity index (χ1) is 7.26. The standard InChI is InChI=1S/C12H22O4/c1-8(2)11(14)9(7-10(13)15-5)12(3,4)16-6/h8-9H,7H2,1-6H3. The zero-order valence-electron chi connectivity index (χ0n) is 11.0. The third-order valence-corrected chi connectivity index (χ3v) is 2.88. The average Bonchev–Trinajstić information content (AvgIpc) is 2.24. The van der Waals surface area contributed by atoms with Gasteiger partial charge in [0.1, 0.15) is 5.78 Å². The van der Waals surface area contributed by atoms with Crippen molar-refractivity contribution in [1.82, 2.24) is 0 Å². The Labute approximate surface area is 97.3 Å². The fraction of sp³-hybridized carbons (Fsp3) is 0.833. The van der Waals surface area contributed by atoms with Gasteiger partial charge in [-0.25, -0.2) is 0 Å². The SMILES string of the molecule is COC(=O)CC(C(=O)C(C)C)C(C)(C)OC. The smallest absolute Gasteiger partial charge is 0.306 e. The minimum atomic E-state index is -0.657. The number of ketones is 1. The fourth-order valence-corrected chi connectivity index (χ4v) is 1.48. The van der Waals surface area contributed by atoms with Crippen molar-refractivity contribution in [2.45, 2.75) is 39.7 Å². The van der Waals surface area contributed by atoms with Crippen LogP contribution in [0.3, 0.4) is 0 Å². The Morgan fingerprint density at radius 1 is 1.19 bits per heavy atom. The van der Waals surface area contributed by atoms with Crippen molar-refractivity contribution in [2.24, 2.45) is 11.8 Å². The number of carbonyl (C=O) groups is 2. The first-order valence-electron chi connectivity index (χ1n) is 5.42. The minimum Gasteiger partial charge on any atom is -0.469 e. The number of rotatable bonds is 6. The van der Waals surface area contributed by atoms with Gasteiger partial charge >= 0.3 is 5.97 Å². The number of ether oxygens (including phenoxy) is 2. The molecule has 4 nitrogen and oxygen atoms in total. The van der Waals surface area contributed by atoms with Gasteiger partial charge in [0.05, 0.1) is 25.0 Å². The highest BCUT2D eigenvalue weighted by Crippen LogP contribution is 2.27. The Morgan fingerprint density at radius 3 is 2.00 bits per heavy atom. The topological polar surface area (TPSA) is 52.6 Å². The molecule has 0 spiro atoms. The van der Waals surface area contributed by atoms with Gasteiger partial charge in [-0.15, -0.1) is 0 Å². The molecule has 0 fully saturated rings. The van der Waals surface area contributed by atoms with Crippen molar-refractivity contribution in [3.05, 3.63) is 0 Å². The molecular formula is C12H22O4. The van der Waals surface area contributed by atoms with Crippen molar-refractivity contribution < 1.29 is 19.1 Å². The van der Waals surface area contributed by atoms with Crippen LogP contribution in [0.15, 0.2) is 0 Å². The van der Waals surface area contributed by atoms with Crippen LogP contribution in [0.4, 0.5) is 0 Å². The fourth-order valence-electron chi connectivity index (χ4n) is 1.48. The van der Waals surface area contributed by atoms with E-state index in [-0.39, 0.29) is 24.1 Å². The molecule has 0 N–H and O–H groups in total. The molecule has 0 aromatic heterocycles. The molecule has 0 aromatic rings.